The molecule has 0 aliphatic heterocycles. The molecule has 0 amide bonds. The lowest BCUT2D eigenvalue weighted by atomic mass is 9.78. The van der Waals surface area contributed by atoms with Crippen molar-refractivity contribution >= 4 is 22.8 Å². The number of aliphatic hydroxyl groups is 1. The van der Waals surface area contributed by atoms with E-state index < -0.39 is 5.60 Å². The largest absolute Gasteiger partial charge is 0.423 e. The lowest BCUT2D eigenvalue weighted by molar-refractivity contribution is 0.00192. The van der Waals surface area contributed by atoms with Gasteiger partial charge in [-0.15, -0.1) is 0 Å². The first-order chi connectivity index (χ1) is 10.1. The topological polar surface area (TPSA) is 84.3 Å². The number of para-hydroxylation sites is 1. The summed E-state index contributed by atoms with van der Waals surface area (Å²) in [5.41, 5.74) is 7.15. The Kier molecular flexibility index (Phi) is 3.76. The Labute approximate surface area is 124 Å². The van der Waals surface area contributed by atoms with E-state index in [9.17, 15) is 5.11 Å². The van der Waals surface area contributed by atoms with Crippen molar-refractivity contribution in [3.05, 3.63) is 18.2 Å². The highest BCUT2D eigenvalue weighted by atomic mass is 16.4. The van der Waals surface area contributed by atoms with Crippen LogP contribution in [0.2, 0.25) is 0 Å². The van der Waals surface area contributed by atoms with Crippen molar-refractivity contribution in [2.24, 2.45) is 5.92 Å². The van der Waals surface area contributed by atoms with E-state index >= 15 is 0 Å². The molecule has 0 radical (unpaired) electrons. The summed E-state index contributed by atoms with van der Waals surface area (Å²) in [6.45, 7) is 2.69. The number of hydrogen-bond donors (Lipinski definition) is 3. The average Bonchev–Trinajstić information content (AvgIpc) is 2.91. The van der Waals surface area contributed by atoms with E-state index in [2.05, 4.69) is 17.2 Å². The van der Waals surface area contributed by atoms with Crippen LogP contribution in [0.4, 0.5) is 11.7 Å². The SMILES string of the molecule is CCC1CCC(O)(CNc2nc3c(N)cccc3o2)CC1. The van der Waals surface area contributed by atoms with Crippen LogP contribution in [-0.2, 0) is 0 Å². The fraction of sp³-hybridized carbons (Fsp3) is 0.562. The summed E-state index contributed by atoms with van der Waals surface area (Å²) in [6.07, 6.45) is 5.06. The molecule has 21 heavy (non-hydrogen) atoms. The quantitative estimate of drug-likeness (QED) is 0.753. The number of benzene rings is 1. The highest BCUT2D eigenvalue weighted by Gasteiger charge is 2.32. The van der Waals surface area contributed by atoms with Crippen LogP contribution in [0.5, 0.6) is 0 Å². The summed E-state index contributed by atoms with van der Waals surface area (Å²) in [6, 6.07) is 5.90. The van der Waals surface area contributed by atoms with Gasteiger partial charge in [0.1, 0.15) is 5.52 Å². The smallest absolute Gasteiger partial charge is 0.295 e. The van der Waals surface area contributed by atoms with Gasteiger partial charge in [0.05, 0.1) is 11.3 Å². The molecule has 0 unspecified atom stereocenters. The number of aromatic nitrogens is 1. The number of nitrogens with two attached hydrogens (primary N) is 1. The maximum absolute atomic E-state index is 10.6. The average molecular weight is 289 g/mol. The fourth-order valence-electron chi connectivity index (χ4n) is 3.09. The molecule has 0 saturated heterocycles. The molecule has 1 aromatic carbocycles. The van der Waals surface area contributed by atoms with Crippen molar-refractivity contribution in [1.29, 1.82) is 0 Å². The molecule has 0 spiro atoms. The normalized spacial score (nSPS) is 26.1. The summed E-state index contributed by atoms with van der Waals surface area (Å²) in [7, 11) is 0. The van der Waals surface area contributed by atoms with Gasteiger partial charge in [-0.3, -0.25) is 0 Å². The molecule has 114 valence electrons. The maximum Gasteiger partial charge on any atom is 0.295 e. The van der Waals surface area contributed by atoms with Gasteiger partial charge in [-0.05, 0) is 43.7 Å². The summed E-state index contributed by atoms with van der Waals surface area (Å²) >= 11 is 0. The first kappa shape index (κ1) is 14.2. The van der Waals surface area contributed by atoms with Crippen LogP contribution in [0.25, 0.3) is 11.1 Å². The molecule has 3 rings (SSSR count). The first-order valence-corrected chi connectivity index (χ1v) is 7.71. The Balaban J connectivity index is 1.65. The van der Waals surface area contributed by atoms with Gasteiger partial charge in [-0.2, -0.15) is 4.98 Å². The zero-order valence-electron chi connectivity index (χ0n) is 12.4. The summed E-state index contributed by atoms with van der Waals surface area (Å²) in [5.74, 6) is 0.759. The Morgan fingerprint density at radius 1 is 1.43 bits per heavy atom. The molecular formula is C16H23N3O2. The number of oxazole rings is 1. The lowest BCUT2D eigenvalue weighted by Crippen LogP contribution is -2.40. The third kappa shape index (κ3) is 2.97. The lowest BCUT2D eigenvalue weighted by Gasteiger charge is -2.35. The molecule has 0 atom stereocenters. The molecule has 1 aromatic heterocycles. The third-order valence-electron chi connectivity index (χ3n) is 4.63. The minimum atomic E-state index is -0.655. The number of nitrogens with zero attached hydrogens (tertiary/aromatic N) is 1. The van der Waals surface area contributed by atoms with Crippen LogP contribution < -0.4 is 11.1 Å². The van der Waals surface area contributed by atoms with E-state index in [-0.39, 0.29) is 0 Å². The minimum Gasteiger partial charge on any atom is -0.423 e. The second kappa shape index (κ2) is 5.56. The van der Waals surface area contributed by atoms with Gasteiger partial charge in [0.2, 0.25) is 0 Å². The van der Waals surface area contributed by atoms with Crippen LogP contribution in [-0.4, -0.2) is 22.2 Å². The monoisotopic (exact) mass is 289 g/mol. The van der Waals surface area contributed by atoms with Crippen LogP contribution in [0.15, 0.2) is 22.6 Å². The Morgan fingerprint density at radius 2 is 2.19 bits per heavy atom. The van der Waals surface area contributed by atoms with Gasteiger partial charge in [-0.25, -0.2) is 0 Å². The Morgan fingerprint density at radius 3 is 2.86 bits per heavy atom. The van der Waals surface area contributed by atoms with Crippen molar-refractivity contribution in [2.75, 3.05) is 17.6 Å². The molecule has 2 aromatic rings. The van der Waals surface area contributed by atoms with Crippen LogP contribution >= 0.6 is 0 Å². The van der Waals surface area contributed by atoms with E-state index in [1.54, 1.807) is 6.07 Å². The molecule has 1 fully saturated rings. The first-order valence-electron chi connectivity index (χ1n) is 7.71. The fourth-order valence-corrected chi connectivity index (χ4v) is 3.09. The second-order valence-corrected chi connectivity index (χ2v) is 6.14. The van der Waals surface area contributed by atoms with Crippen molar-refractivity contribution in [1.82, 2.24) is 4.98 Å². The molecule has 1 heterocycles. The Bertz CT molecular complexity index is 615. The highest BCUT2D eigenvalue weighted by Crippen LogP contribution is 2.34. The predicted octanol–water partition coefficient (Wildman–Crippen LogP) is 3.15. The van der Waals surface area contributed by atoms with Crippen molar-refractivity contribution in [2.45, 2.75) is 44.6 Å². The van der Waals surface area contributed by atoms with E-state index in [4.69, 9.17) is 10.2 Å². The van der Waals surface area contributed by atoms with Crippen LogP contribution in [0.3, 0.4) is 0 Å². The number of hydrogen-bond acceptors (Lipinski definition) is 5. The van der Waals surface area contributed by atoms with Crippen molar-refractivity contribution in [3.63, 3.8) is 0 Å². The van der Waals surface area contributed by atoms with Gasteiger partial charge in [0.25, 0.3) is 6.01 Å². The van der Waals surface area contributed by atoms with Crippen LogP contribution in [0, 0.1) is 5.92 Å². The summed E-state index contributed by atoms with van der Waals surface area (Å²) < 4.78 is 5.61. The van der Waals surface area contributed by atoms with Gasteiger partial charge >= 0.3 is 0 Å². The van der Waals surface area contributed by atoms with E-state index in [0.29, 0.717) is 29.3 Å². The third-order valence-corrected chi connectivity index (χ3v) is 4.63. The van der Waals surface area contributed by atoms with Crippen molar-refractivity contribution < 1.29 is 9.52 Å². The van der Waals surface area contributed by atoms with Gasteiger partial charge in [0, 0.05) is 6.54 Å². The molecule has 5 heteroatoms. The number of nitrogens with one attached hydrogen (secondary N) is 1. The molecule has 1 saturated carbocycles. The molecule has 4 N–H and O–H groups in total. The minimum absolute atomic E-state index is 0.425. The molecule has 0 bridgehead atoms. The zero-order chi connectivity index (χ0) is 14.9. The number of rotatable bonds is 4. The molecule has 1 aliphatic carbocycles. The summed E-state index contributed by atoms with van der Waals surface area (Å²) in [5, 5.41) is 13.7. The van der Waals surface area contributed by atoms with Gasteiger partial charge < -0.3 is 20.6 Å². The van der Waals surface area contributed by atoms with Crippen molar-refractivity contribution in [3.8, 4) is 0 Å². The predicted molar refractivity (Wildman–Crippen MR) is 84.1 cm³/mol. The molecule has 1 aliphatic rings. The molecule has 5 nitrogen and oxygen atoms in total. The number of anilines is 2. The highest BCUT2D eigenvalue weighted by molar-refractivity contribution is 5.86. The summed E-state index contributed by atoms with van der Waals surface area (Å²) in [4.78, 5) is 4.34. The second-order valence-electron chi connectivity index (χ2n) is 6.14. The molecular weight excluding hydrogens is 266 g/mol. The number of fused-ring (bicyclic) bond motifs is 1. The van der Waals surface area contributed by atoms with Gasteiger partial charge in [0.15, 0.2) is 5.58 Å². The standard InChI is InChI=1S/C16H23N3O2/c1-2-11-6-8-16(20,9-7-11)10-18-15-19-14-12(17)4-3-5-13(14)21-15/h3-5,11,20H,2,6-10,17H2,1H3,(H,18,19). The van der Waals surface area contributed by atoms with E-state index in [1.807, 2.05) is 12.1 Å². The van der Waals surface area contributed by atoms with E-state index in [1.165, 1.54) is 6.42 Å². The Hall–Kier alpha value is -1.75. The van der Waals surface area contributed by atoms with Crippen LogP contribution in [0.1, 0.15) is 39.0 Å². The van der Waals surface area contributed by atoms with Gasteiger partial charge in [-0.1, -0.05) is 19.4 Å². The number of nitrogen functional groups attached to an aromatic ring is 1. The maximum atomic E-state index is 10.6. The van der Waals surface area contributed by atoms with E-state index in [0.717, 1.165) is 31.6 Å². The zero-order valence-corrected chi connectivity index (χ0v) is 12.4.